The zero-order chi connectivity index (χ0) is 16.1. The number of hydrogen-bond acceptors (Lipinski definition) is 7. The largest absolute Gasteiger partial charge is 0.356 e. The van der Waals surface area contributed by atoms with E-state index in [1.807, 2.05) is 25.4 Å². The van der Waals surface area contributed by atoms with Gasteiger partial charge in [-0.2, -0.15) is 0 Å². The Labute approximate surface area is 144 Å². The Kier molecular flexibility index (Phi) is 3.16. The second-order valence-electron chi connectivity index (χ2n) is 6.69. The molecule has 6 nitrogen and oxygen atoms in total. The number of fused-ring (bicyclic) bond motifs is 2. The van der Waals surface area contributed by atoms with Gasteiger partial charge in [-0.25, -0.2) is 15.0 Å². The second kappa shape index (κ2) is 5.37. The van der Waals surface area contributed by atoms with Gasteiger partial charge in [-0.05, 0) is 13.0 Å². The van der Waals surface area contributed by atoms with E-state index in [-0.39, 0.29) is 0 Å². The van der Waals surface area contributed by atoms with Gasteiger partial charge in [-0.15, -0.1) is 0 Å². The molecule has 5 heterocycles. The molecule has 7 heteroatoms. The molecule has 3 aromatic rings. The molecule has 0 spiro atoms. The van der Waals surface area contributed by atoms with Gasteiger partial charge in [0.05, 0.1) is 10.9 Å². The lowest BCUT2D eigenvalue weighted by Gasteiger charge is -2.22. The first-order valence-electron chi connectivity index (χ1n) is 8.25. The van der Waals surface area contributed by atoms with E-state index < -0.39 is 0 Å². The zero-order valence-electron chi connectivity index (χ0n) is 13.5. The molecule has 0 aromatic carbocycles. The molecule has 0 bridgehead atoms. The van der Waals surface area contributed by atoms with Crippen molar-refractivity contribution in [3.8, 4) is 0 Å². The van der Waals surface area contributed by atoms with E-state index in [2.05, 4.69) is 30.8 Å². The summed E-state index contributed by atoms with van der Waals surface area (Å²) >= 11 is 1.77. The number of anilines is 2. The Hall–Kier alpha value is -2.28. The third-order valence-corrected chi connectivity index (χ3v) is 6.15. The normalized spacial score (nSPS) is 23.2. The van der Waals surface area contributed by atoms with E-state index >= 15 is 0 Å². The quantitative estimate of drug-likeness (QED) is 0.715. The van der Waals surface area contributed by atoms with Gasteiger partial charge in [0.1, 0.15) is 17.7 Å². The molecule has 0 radical (unpaired) electrons. The minimum absolute atomic E-state index is 0.686. The number of pyridine rings is 1. The molecule has 24 heavy (non-hydrogen) atoms. The van der Waals surface area contributed by atoms with Crippen molar-refractivity contribution in [1.29, 1.82) is 0 Å². The van der Waals surface area contributed by atoms with Crippen molar-refractivity contribution in [2.45, 2.75) is 6.92 Å². The molecule has 2 saturated heterocycles. The molecule has 0 amide bonds. The zero-order valence-corrected chi connectivity index (χ0v) is 14.3. The fourth-order valence-corrected chi connectivity index (χ4v) is 4.80. The minimum Gasteiger partial charge on any atom is -0.356 e. The van der Waals surface area contributed by atoms with Gasteiger partial charge < -0.3 is 9.80 Å². The third-order valence-electron chi connectivity index (χ3n) is 5.05. The summed E-state index contributed by atoms with van der Waals surface area (Å²) in [6, 6.07) is 4.13. The highest BCUT2D eigenvalue weighted by atomic mass is 32.1. The van der Waals surface area contributed by atoms with E-state index in [0.717, 1.165) is 48.3 Å². The summed E-state index contributed by atoms with van der Waals surface area (Å²) in [5.41, 5.74) is 2.04. The monoisotopic (exact) mass is 338 g/mol. The average molecular weight is 338 g/mol. The molecular formula is C17H18N6S. The smallest absolute Gasteiger partial charge is 0.186 e. The van der Waals surface area contributed by atoms with E-state index in [1.54, 1.807) is 17.7 Å². The van der Waals surface area contributed by atoms with Gasteiger partial charge in [0, 0.05) is 56.0 Å². The Morgan fingerprint density at radius 2 is 1.88 bits per heavy atom. The predicted molar refractivity (Wildman–Crippen MR) is 95.6 cm³/mol. The molecule has 122 valence electrons. The number of aryl methyl sites for hydroxylation is 1. The fourth-order valence-electron chi connectivity index (χ4n) is 3.85. The van der Waals surface area contributed by atoms with Crippen LogP contribution in [-0.2, 0) is 0 Å². The summed E-state index contributed by atoms with van der Waals surface area (Å²) in [7, 11) is 0. The van der Waals surface area contributed by atoms with Crippen molar-refractivity contribution in [3.63, 3.8) is 0 Å². The van der Waals surface area contributed by atoms with Crippen molar-refractivity contribution in [3.05, 3.63) is 36.5 Å². The standard InChI is InChI=1S/C17H18N6S/c1-11-4-16(20-10-19-11)22-6-12-8-23(9-13(12)7-22)17-21-14-5-18-3-2-15(14)24-17/h2-5,10,12-13H,6-9H2,1H3. The summed E-state index contributed by atoms with van der Waals surface area (Å²) in [6.45, 7) is 6.33. The van der Waals surface area contributed by atoms with E-state index in [4.69, 9.17) is 4.98 Å². The van der Waals surface area contributed by atoms with Crippen LogP contribution in [0.15, 0.2) is 30.9 Å². The predicted octanol–water partition coefficient (Wildman–Crippen LogP) is 2.36. The molecule has 3 aromatic heterocycles. The number of thiazole rings is 1. The third kappa shape index (κ3) is 2.31. The van der Waals surface area contributed by atoms with Crippen LogP contribution < -0.4 is 9.80 Å². The Morgan fingerprint density at radius 3 is 2.62 bits per heavy atom. The van der Waals surface area contributed by atoms with Crippen LogP contribution in [0.25, 0.3) is 10.2 Å². The van der Waals surface area contributed by atoms with Gasteiger partial charge in [0.15, 0.2) is 5.13 Å². The Balaban J connectivity index is 1.33. The summed E-state index contributed by atoms with van der Waals surface area (Å²) < 4.78 is 1.22. The van der Waals surface area contributed by atoms with Gasteiger partial charge in [0.25, 0.3) is 0 Å². The van der Waals surface area contributed by atoms with Gasteiger partial charge in [0.2, 0.25) is 0 Å². The van der Waals surface area contributed by atoms with Crippen LogP contribution in [0.1, 0.15) is 5.69 Å². The lowest BCUT2D eigenvalue weighted by molar-refractivity contribution is 0.533. The average Bonchev–Trinajstić information content (AvgIpc) is 3.26. The summed E-state index contributed by atoms with van der Waals surface area (Å²) in [5.74, 6) is 2.44. The first kappa shape index (κ1) is 14.1. The van der Waals surface area contributed by atoms with Crippen molar-refractivity contribution in [2.75, 3.05) is 36.0 Å². The van der Waals surface area contributed by atoms with Crippen molar-refractivity contribution in [2.24, 2.45) is 11.8 Å². The minimum atomic E-state index is 0.686. The molecule has 0 N–H and O–H groups in total. The van der Waals surface area contributed by atoms with Gasteiger partial charge in [-0.1, -0.05) is 11.3 Å². The molecular weight excluding hydrogens is 320 g/mol. The van der Waals surface area contributed by atoms with Crippen LogP contribution in [0, 0.1) is 18.8 Å². The second-order valence-corrected chi connectivity index (χ2v) is 7.70. The van der Waals surface area contributed by atoms with Crippen molar-refractivity contribution >= 4 is 32.5 Å². The maximum Gasteiger partial charge on any atom is 0.186 e. The highest BCUT2D eigenvalue weighted by Gasteiger charge is 2.41. The van der Waals surface area contributed by atoms with Crippen LogP contribution in [0.3, 0.4) is 0 Å². The molecule has 2 atom stereocenters. The van der Waals surface area contributed by atoms with E-state index in [9.17, 15) is 0 Å². The van der Waals surface area contributed by atoms with Crippen LogP contribution in [0.2, 0.25) is 0 Å². The molecule has 2 unspecified atom stereocenters. The van der Waals surface area contributed by atoms with Crippen molar-refractivity contribution in [1.82, 2.24) is 19.9 Å². The van der Waals surface area contributed by atoms with Crippen LogP contribution in [0.5, 0.6) is 0 Å². The highest BCUT2D eigenvalue weighted by Crippen LogP contribution is 2.38. The summed E-state index contributed by atoms with van der Waals surface area (Å²) in [4.78, 5) is 22.4. The maximum absolute atomic E-state index is 4.76. The summed E-state index contributed by atoms with van der Waals surface area (Å²) in [6.07, 6.45) is 5.36. The van der Waals surface area contributed by atoms with Crippen LogP contribution in [0.4, 0.5) is 10.9 Å². The topological polar surface area (TPSA) is 58.0 Å². The van der Waals surface area contributed by atoms with Crippen molar-refractivity contribution < 1.29 is 0 Å². The van der Waals surface area contributed by atoms with Crippen LogP contribution in [-0.4, -0.2) is 46.1 Å². The van der Waals surface area contributed by atoms with Crippen LogP contribution >= 0.6 is 11.3 Å². The van der Waals surface area contributed by atoms with E-state index in [1.165, 1.54) is 4.70 Å². The number of rotatable bonds is 2. The lowest BCUT2D eigenvalue weighted by Crippen LogP contribution is -2.29. The summed E-state index contributed by atoms with van der Waals surface area (Å²) in [5, 5.41) is 1.14. The first-order valence-corrected chi connectivity index (χ1v) is 9.07. The molecule has 0 aliphatic carbocycles. The number of aromatic nitrogens is 4. The first-order chi connectivity index (χ1) is 11.8. The number of hydrogen-bond donors (Lipinski definition) is 0. The molecule has 0 saturated carbocycles. The lowest BCUT2D eigenvalue weighted by atomic mass is 10.0. The molecule has 5 rings (SSSR count). The molecule has 2 fully saturated rings. The Bertz CT molecular complexity index is 846. The fraction of sp³-hybridized carbons (Fsp3) is 0.412. The van der Waals surface area contributed by atoms with E-state index in [0.29, 0.717) is 11.8 Å². The Morgan fingerprint density at radius 1 is 1.08 bits per heavy atom. The molecule has 2 aliphatic rings. The number of nitrogens with zero attached hydrogens (tertiary/aromatic N) is 6. The SMILES string of the molecule is Cc1cc(N2CC3CN(c4nc5cnccc5s4)CC3C2)ncn1. The maximum atomic E-state index is 4.76. The van der Waals surface area contributed by atoms with Gasteiger partial charge in [-0.3, -0.25) is 4.98 Å². The van der Waals surface area contributed by atoms with Gasteiger partial charge >= 0.3 is 0 Å². The highest BCUT2D eigenvalue weighted by molar-refractivity contribution is 7.22. The molecule has 2 aliphatic heterocycles.